The molecule has 0 bridgehead atoms. The summed E-state index contributed by atoms with van der Waals surface area (Å²) in [6.45, 7) is 4.56. The Hall–Kier alpha value is -2.29. The Morgan fingerprint density at radius 2 is 1.47 bits per heavy atom. The van der Waals surface area contributed by atoms with E-state index in [4.69, 9.17) is 0 Å². The molecule has 172 valence electrons. The fourth-order valence-corrected chi connectivity index (χ4v) is 5.87. The van der Waals surface area contributed by atoms with Crippen molar-refractivity contribution in [3.8, 4) is 0 Å². The SMILES string of the molecule is O=C(c1ccc(CN2CCCCC2)cc1)N1CCCN(S(=O)(=O)c2ccc(F)cc2)CC1. The predicted octanol–water partition coefficient (Wildman–Crippen LogP) is 3.35. The first-order valence-corrected chi connectivity index (χ1v) is 12.7. The molecule has 0 atom stereocenters. The Kier molecular flexibility index (Phi) is 7.23. The predicted molar refractivity (Wildman–Crippen MR) is 121 cm³/mol. The van der Waals surface area contributed by atoms with Crippen LogP contribution in [-0.2, 0) is 16.6 Å². The summed E-state index contributed by atoms with van der Waals surface area (Å²) in [6.07, 6.45) is 4.36. The molecule has 0 radical (unpaired) electrons. The van der Waals surface area contributed by atoms with Crippen molar-refractivity contribution in [2.75, 3.05) is 39.3 Å². The van der Waals surface area contributed by atoms with Gasteiger partial charge in [0.1, 0.15) is 5.82 Å². The number of likely N-dealkylation sites (tertiary alicyclic amines) is 1. The first-order chi connectivity index (χ1) is 15.4. The average Bonchev–Trinajstić information content (AvgIpc) is 3.07. The highest BCUT2D eigenvalue weighted by molar-refractivity contribution is 7.89. The maximum absolute atomic E-state index is 13.2. The molecular formula is C24H30FN3O3S. The number of carbonyl (C=O) groups excluding carboxylic acids is 1. The van der Waals surface area contributed by atoms with E-state index in [0.717, 1.165) is 31.8 Å². The number of rotatable bonds is 5. The Labute approximate surface area is 189 Å². The minimum Gasteiger partial charge on any atom is -0.337 e. The third kappa shape index (κ3) is 5.36. The standard InChI is InChI=1S/C24H30FN3O3S/c25-22-9-11-23(12-10-22)32(30,31)28-16-4-15-27(17-18-28)24(29)21-7-5-20(6-8-21)19-26-13-2-1-3-14-26/h5-12H,1-4,13-19H2. The number of sulfonamides is 1. The van der Waals surface area contributed by atoms with E-state index in [9.17, 15) is 17.6 Å². The second-order valence-electron chi connectivity index (χ2n) is 8.54. The third-order valence-corrected chi connectivity index (χ3v) is 8.16. The van der Waals surface area contributed by atoms with Gasteiger partial charge < -0.3 is 4.90 Å². The summed E-state index contributed by atoms with van der Waals surface area (Å²) < 4.78 is 40.3. The maximum Gasteiger partial charge on any atom is 0.253 e. The van der Waals surface area contributed by atoms with Crippen LogP contribution in [0.5, 0.6) is 0 Å². The summed E-state index contributed by atoms with van der Waals surface area (Å²) in [5.41, 5.74) is 1.83. The van der Waals surface area contributed by atoms with Crippen LogP contribution in [0.4, 0.5) is 4.39 Å². The zero-order valence-electron chi connectivity index (χ0n) is 18.2. The molecule has 2 saturated heterocycles. The Bertz CT molecular complexity index is 1020. The van der Waals surface area contributed by atoms with Crippen LogP contribution in [-0.4, -0.2) is 67.7 Å². The van der Waals surface area contributed by atoms with E-state index in [1.54, 1.807) is 4.90 Å². The summed E-state index contributed by atoms with van der Waals surface area (Å²) in [5, 5.41) is 0. The lowest BCUT2D eigenvalue weighted by Gasteiger charge is -2.26. The number of carbonyl (C=O) groups is 1. The number of nitrogens with zero attached hydrogens (tertiary/aromatic N) is 3. The van der Waals surface area contributed by atoms with Crippen molar-refractivity contribution < 1.29 is 17.6 Å². The summed E-state index contributed by atoms with van der Waals surface area (Å²) in [4.78, 5) is 17.3. The van der Waals surface area contributed by atoms with Crippen LogP contribution in [0.2, 0.25) is 0 Å². The highest BCUT2D eigenvalue weighted by Gasteiger charge is 2.28. The fraction of sp³-hybridized carbons (Fsp3) is 0.458. The molecule has 2 aliphatic rings. The zero-order valence-corrected chi connectivity index (χ0v) is 19.1. The van der Waals surface area contributed by atoms with Crippen molar-refractivity contribution in [1.29, 1.82) is 0 Å². The molecule has 2 aromatic rings. The lowest BCUT2D eigenvalue weighted by atomic mass is 10.1. The van der Waals surface area contributed by atoms with Crippen molar-refractivity contribution in [1.82, 2.24) is 14.1 Å². The molecule has 0 aliphatic carbocycles. The Morgan fingerprint density at radius 3 is 2.16 bits per heavy atom. The third-order valence-electron chi connectivity index (χ3n) is 6.25. The molecule has 0 unspecified atom stereocenters. The van der Waals surface area contributed by atoms with Gasteiger partial charge in [0.2, 0.25) is 10.0 Å². The summed E-state index contributed by atoms with van der Waals surface area (Å²) in [7, 11) is -3.71. The van der Waals surface area contributed by atoms with Crippen LogP contribution in [0, 0.1) is 5.82 Å². The molecule has 1 amide bonds. The second kappa shape index (κ2) is 10.1. The van der Waals surface area contributed by atoms with Crippen molar-refractivity contribution in [2.45, 2.75) is 37.1 Å². The number of amides is 1. The van der Waals surface area contributed by atoms with Crippen LogP contribution >= 0.6 is 0 Å². The Balaban J connectivity index is 1.37. The zero-order chi connectivity index (χ0) is 22.6. The number of hydrogen-bond donors (Lipinski definition) is 0. The normalized spacial score (nSPS) is 19.0. The number of benzene rings is 2. The second-order valence-corrected chi connectivity index (χ2v) is 10.5. The van der Waals surface area contributed by atoms with Gasteiger partial charge in [-0.2, -0.15) is 4.31 Å². The highest BCUT2D eigenvalue weighted by Crippen LogP contribution is 2.20. The quantitative estimate of drug-likeness (QED) is 0.688. The van der Waals surface area contributed by atoms with Crippen molar-refractivity contribution in [2.24, 2.45) is 0 Å². The van der Waals surface area contributed by atoms with Crippen molar-refractivity contribution in [3.05, 3.63) is 65.5 Å². The first-order valence-electron chi connectivity index (χ1n) is 11.3. The monoisotopic (exact) mass is 459 g/mol. The van der Waals surface area contributed by atoms with E-state index in [0.29, 0.717) is 31.6 Å². The maximum atomic E-state index is 13.2. The molecule has 0 spiro atoms. The molecular weight excluding hydrogens is 429 g/mol. The van der Waals surface area contributed by atoms with E-state index >= 15 is 0 Å². The van der Waals surface area contributed by atoms with Gasteiger partial charge in [-0.1, -0.05) is 18.6 Å². The largest absolute Gasteiger partial charge is 0.337 e. The molecule has 0 saturated carbocycles. The van der Waals surface area contributed by atoms with E-state index in [1.165, 1.54) is 41.3 Å². The molecule has 6 nitrogen and oxygen atoms in total. The van der Waals surface area contributed by atoms with Crippen LogP contribution in [0.1, 0.15) is 41.6 Å². The minimum absolute atomic E-state index is 0.0722. The topological polar surface area (TPSA) is 60.9 Å². The van der Waals surface area contributed by atoms with Gasteiger partial charge in [0.15, 0.2) is 0 Å². The molecule has 32 heavy (non-hydrogen) atoms. The molecule has 2 aliphatic heterocycles. The fourth-order valence-electron chi connectivity index (χ4n) is 4.40. The van der Waals surface area contributed by atoms with Gasteiger partial charge in [-0.05, 0) is 74.3 Å². The van der Waals surface area contributed by atoms with Crippen molar-refractivity contribution in [3.63, 3.8) is 0 Å². The molecule has 2 fully saturated rings. The molecule has 2 aromatic carbocycles. The summed E-state index contributed by atoms with van der Waals surface area (Å²) in [6, 6.07) is 12.6. The van der Waals surface area contributed by atoms with Gasteiger partial charge in [0.25, 0.3) is 5.91 Å². The van der Waals surface area contributed by atoms with E-state index in [-0.39, 0.29) is 17.3 Å². The lowest BCUT2D eigenvalue weighted by Crippen LogP contribution is -2.37. The highest BCUT2D eigenvalue weighted by atomic mass is 32.2. The number of hydrogen-bond acceptors (Lipinski definition) is 4. The van der Waals surface area contributed by atoms with Crippen LogP contribution < -0.4 is 0 Å². The van der Waals surface area contributed by atoms with E-state index < -0.39 is 15.8 Å². The number of halogens is 1. The molecule has 4 rings (SSSR count). The van der Waals surface area contributed by atoms with Gasteiger partial charge >= 0.3 is 0 Å². The smallest absolute Gasteiger partial charge is 0.253 e. The van der Waals surface area contributed by atoms with Crippen molar-refractivity contribution >= 4 is 15.9 Å². The lowest BCUT2D eigenvalue weighted by molar-refractivity contribution is 0.0764. The van der Waals surface area contributed by atoms with Gasteiger partial charge in [-0.25, -0.2) is 12.8 Å². The van der Waals surface area contributed by atoms with Crippen LogP contribution in [0.3, 0.4) is 0 Å². The molecule has 8 heteroatoms. The van der Waals surface area contributed by atoms with Gasteiger partial charge in [0.05, 0.1) is 4.90 Å². The molecule has 0 aromatic heterocycles. The number of piperidine rings is 1. The molecule has 2 heterocycles. The first kappa shape index (κ1) is 22.9. The Morgan fingerprint density at radius 1 is 0.781 bits per heavy atom. The van der Waals surface area contributed by atoms with Crippen LogP contribution in [0.25, 0.3) is 0 Å². The summed E-state index contributed by atoms with van der Waals surface area (Å²) in [5.74, 6) is -0.547. The van der Waals surface area contributed by atoms with Crippen LogP contribution in [0.15, 0.2) is 53.4 Å². The van der Waals surface area contributed by atoms with E-state index in [2.05, 4.69) is 4.90 Å². The van der Waals surface area contributed by atoms with Gasteiger partial charge in [-0.3, -0.25) is 9.69 Å². The average molecular weight is 460 g/mol. The van der Waals surface area contributed by atoms with Gasteiger partial charge in [0, 0.05) is 38.3 Å². The van der Waals surface area contributed by atoms with E-state index in [1.807, 2.05) is 24.3 Å². The summed E-state index contributed by atoms with van der Waals surface area (Å²) >= 11 is 0. The minimum atomic E-state index is -3.71. The molecule has 0 N–H and O–H groups in total. The van der Waals surface area contributed by atoms with Gasteiger partial charge in [-0.15, -0.1) is 0 Å².